The topological polar surface area (TPSA) is 72.6 Å². The van der Waals surface area contributed by atoms with Crippen LogP contribution >= 0.6 is 0 Å². The van der Waals surface area contributed by atoms with Crippen molar-refractivity contribution >= 4 is 5.97 Å². The molecular formula is C15H17NO4. The van der Waals surface area contributed by atoms with Gasteiger partial charge >= 0.3 is 5.97 Å². The van der Waals surface area contributed by atoms with Gasteiger partial charge in [0.1, 0.15) is 5.75 Å². The molecule has 0 spiro atoms. The highest BCUT2D eigenvalue weighted by Crippen LogP contribution is 2.35. The van der Waals surface area contributed by atoms with Gasteiger partial charge in [0.25, 0.3) is 0 Å². The molecule has 0 saturated heterocycles. The molecule has 20 heavy (non-hydrogen) atoms. The normalized spacial score (nSPS) is 10.8. The van der Waals surface area contributed by atoms with Crippen LogP contribution in [0.2, 0.25) is 0 Å². The van der Waals surface area contributed by atoms with Gasteiger partial charge in [-0.05, 0) is 30.5 Å². The summed E-state index contributed by atoms with van der Waals surface area (Å²) in [5.41, 5.74) is 2.26. The monoisotopic (exact) mass is 275 g/mol. The van der Waals surface area contributed by atoms with E-state index in [1.165, 1.54) is 0 Å². The zero-order chi connectivity index (χ0) is 14.9. The van der Waals surface area contributed by atoms with Crippen LogP contribution in [-0.4, -0.2) is 23.3 Å². The lowest BCUT2D eigenvalue weighted by atomic mass is 9.98. The minimum absolute atomic E-state index is 0.0722. The molecule has 0 atom stereocenters. The summed E-state index contributed by atoms with van der Waals surface area (Å²) in [5, 5.41) is 12.7. The summed E-state index contributed by atoms with van der Waals surface area (Å²) in [6.07, 6.45) is 0. The molecule has 106 valence electrons. The number of carboxylic acids is 1. The third-order valence-electron chi connectivity index (χ3n) is 3.26. The van der Waals surface area contributed by atoms with Gasteiger partial charge in [-0.2, -0.15) is 0 Å². The predicted octanol–water partition coefficient (Wildman–Crippen LogP) is 3.48. The average molecular weight is 275 g/mol. The van der Waals surface area contributed by atoms with E-state index in [9.17, 15) is 4.79 Å². The van der Waals surface area contributed by atoms with Crippen molar-refractivity contribution in [3.63, 3.8) is 0 Å². The van der Waals surface area contributed by atoms with Crippen molar-refractivity contribution in [2.75, 3.05) is 7.11 Å². The lowest BCUT2D eigenvalue weighted by Crippen LogP contribution is -1.99. The highest BCUT2D eigenvalue weighted by Gasteiger charge is 2.21. The Bertz CT molecular complexity index is 643. The molecule has 0 bridgehead atoms. The van der Waals surface area contributed by atoms with Crippen LogP contribution in [0.5, 0.6) is 5.75 Å². The molecule has 0 aliphatic heterocycles. The summed E-state index contributed by atoms with van der Waals surface area (Å²) >= 11 is 0. The first kappa shape index (κ1) is 14.1. The highest BCUT2D eigenvalue weighted by molar-refractivity contribution is 5.89. The van der Waals surface area contributed by atoms with E-state index < -0.39 is 5.97 Å². The number of methoxy groups -OCH3 is 1. The first-order valence-electron chi connectivity index (χ1n) is 6.33. The van der Waals surface area contributed by atoms with Gasteiger partial charge in [-0.25, -0.2) is 4.79 Å². The number of nitrogens with zero attached hydrogens (tertiary/aromatic N) is 1. The molecule has 2 rings (SSSR count). The van der Waals surface area contributed by atoms with E-state index in [2.05, 4.69) is 19.0 Å². The van der Waals surface area contributed by atoms with E-state index in [1.54, 1.807) is 14.0 Å². The Hall–Kier alpha value is -2.30. The van der Waals surface area contributed by atoms with Gasteiger partial charge in [0.15, 0.2) is 11.5 Å². The first-order valence-corrected chi connectivity index (χ1v) is 6.33. The second-order valence-corrected chi connectivity index (χ2v) is 4.90. The van der Waals surface area contributed by atoms with Gasteiger partial charge in [0, 0.05) is 5.56 Å². The Balaban J connectivity index is 2.61. The van der Waals surface area contributed by atoms with Crippen LogP contribution in [0.15, 0.2) is 22.7 Å². The van der Waals surface area contributed by atoms with Crippen LogP contribution in [-0.2, 0) is 0 Å². The number of benzene rings is 1. The molecule has 5 heteroatoms. The molecule has 1 aromatic heterocycles. The smallest absolute Gasteiger partial charge is 0.358 e. The van der Waals surface area contributed by atoms with E-state index in [0.29, 0.717) is 23.0 Å². The maximum absolute atomic E-state index is 11.0. The third-order valence-corrected chi connectivity index (χ3v) is 3.26. The van der Waals surface area contributed by atoms with Crippen LogP contribution in [0.1, 0.15) is 41.4 Å². The molecule has 0 fully saturated rings. The number of aromatic nitrogens is 1. The minimum atomic E-state index is -1.10. The maximum atomic E-state index is 11.0. The second kappa shape index (κ2) is 5.36. The molecule has 0 saturated carbocycles. The second-order valence-electron chi connectivity index (χ2n) is 4.90. The third kappa shape index (κ3) is 2.39. The van der Waals surface area contributed by atoms with E-state index in [0.717, 1.165) is 11.1 Å². The van der Waals surface area contributed by atoms with Gasteiger partial charge in [-0.15, -0.1) is 0 Å². The summed E-state index contributed by atoms with van der Waals surface area (Å²) in [6, 6.07) is 5.78. The first-order chi connectivity index (χ1) is 9.45. The summed E-state index contributed by atoms with van der Waals surface area (Å²) in [4.78, 5) is 11.0. The number of carboxylic acid groups (broad SMARTS) is 1. The summed E-state index contributed by atoms with van der Waals surface area (Å²) in [6.45, 7) is 5.85. The van der Waals surface area contributed by atoms with Crippen molar-refractivity contribution in [2.24, 2.45) is 0 Å². The lowest BCUT2D eigenvalue weighted by molar-refractivity contribution is 0.0685. The quantitative estimate of drug-likeness (QED) is 0.924. The number of hydrogen-bond acceptors (Lipinski definition) is 4. The molecule has 0 radical (unpaired) electrons. The SMILES string of the molecule is COc1ccc(C(C)C)cc1-c1onc(C(=O)O)c1C. The summed E-state index contributed by atoms with van der Waals surface area (Å²) in [5.74, 6) is 0.311. The molecule has 0 aliphatic rings. The van der Waals surface area contributed by atoms with Gasteiger partial charge in [-0.1, -0.05) is 25.1 Å². The number of aromatic carboxylic acids is 1. The molecule has 0 amide bonds. The van der Waals surface area contributed by atoms with Crippen LogP contribution in [0.25, 0.3) is 11.3 Å². The zero-order valence-corrected chi connectivity index (χ0v) is 11.9. The lowest BCUT2D eigenvalue weighted by Gasteiger charge is -2.11. The van der Waals surface area contributed by atoms with Crippen LogP contribution in [0.3, 0.4) is 0 Å². The van der Waals surface area contributed by atoms with Crippen molar-refractivity contribution in [1.82, 2.24) is 5.16 Å². The van der Waals surface area contributed by atoms with Gasteiger partial charge < -0.3 is 14.4 Å². The predicted molar refractivity (Wildman–Crippen MR) is 74.3 cm³/mol. The fourth-order valence-corrected chi connectivity index (χ4v) is 2.05. The highest BCUT2D eigenvalue weighted by atomic mass is 16.5. The van der Waals surface area contributed by atoms with E-state index >= 15 is 0 Å². The summed E-state index contributed by atoms with van der Waals surface area (Å²) in [7, 11) is 1.57. The summed E-state index contributed by atoms with van der Waals surface area (Å²) < 4.78 is 10.5. The van der Waals surface area contributed by atoms with Gasteiger partial charge in [0.05, 0.1) is 12.7 Å². The van der Waals surface area contributed by atoms with Crippen LogP contribution in [0, 0.1) is 6.92 Å². The Morgan fingerprint density at radius 1 is 1.40 bits per heavy atom. The van der Waals surface area contributed by atoms with Crippen LogP contribution < -0.4 is 4.74 Å². The van der Waals surface area contributed by atoms with Crippen molar-refractivity contribution in [3.05, 3.63) is 35.0 Å². The fraction of sp³-hybridized carbons (Fsp3) is 0.333. The Labute approximate surface area is 117 Å². The molecule has 0 unspecified atom stereocenters. The van der Waals surface area contributed by atoms with Crippen molar-refractivity contribution in [2.45, 2.75) is 26.7 Å². The van der Waals surface area contributed by atoms with Crippen molar-refractivity contribution < 1.29 is 19.2 Å². The molecule has 0 aliphatic carbocycles. The van der Waals surface area contributed by atoms with Gasteiger partial charge in [-0.3, -0.25) is 0 Å². The number of carbonyl (C=O) groups is 1. The van der Waals surface area contributed by atoms with Crippen LogP contribution in [0.4, 0.5) is 0 Å². The molecule has 1 aromatic carbocycles. The van der Waals surface area contributed by atoms with Crippen molar-refractivity contribution in [1.29, 1.82) is 0 Å². The largest absolute Gasteiger partial charge is 0.496 e. The number of hydrogen-bond donors (Lipinski definition) is 1. The Kier molecular flexibility index (Phi) is 3.79. The average Bonchev–Trinajstić information content (AvgIpc) is 2.79. The Morgan fingerprint density at radius 2 is 2.10 bits per heavy atom. The minimum Gasteiger partial charge on any atom is -0.496 e. The number of ether oxygens (including phenoxy) is 1. The van der Waals surface area contributed by atoms with Crippen molar-refractivity contribution in [3.8, 4) is 17.1 Å². The molecular weight excluding hydrogens is 258 g/mol. The molecule has 2 aromatic rings. The molecule has 5 nitrogen and oxygen atoms in total. The zero-order valence-electron chi connectivity index (χ0n) is 11.9. The Morgan fingerprint density at radius 3 is 2.60 bits per heavy atom. The number of rotatable bonds is 4. The van der Waals surface area contributed by atoms with E-state index in [-0.39, 0.29) is 5.69 Å². The van der Waals surface area contributed by atoms with E-state index in [1.807, 2.05) is 18.2 Å². The van der Waals surface area contributed by atoms with Gasteiger partial charge in [0.2, 0.25) is 0 Å². The van der Waals surface area contributed by atoms with E-state index in [4.69, 9.17) is 14.4 Å². The molecule has 1 N–H and O–H groups in total. The fourth-order valence-electron chi connectivity index (χ4n) is 2.05. The molecule has 1 heterocycles. The standard InChI is InChI=1S/C15H17NO4/c1-8(2)10-5-6-12(19-4)11(7-10)14-9(3)13(15(17)18)16-20-14/h5-8H,1-4H3,(H,17,18). The maximum Gasteiger partial charge on any atom is 0.358 e.